The minimum atomic E-state index is -1.55. The number of thioether (sulfide) groups is 2. The Balaban J connectivity index is 1.74. The molecule has 3 atom stereocenters. The van der Waals surface area contributed by atoms with Crippen LogP contribution < -0.4 is 0 Å². The van der Waals surface area contributed by atoms with Crippen LogP contribution in [0, 0.1) is 0 Å². The molecule has 0 heterocycles. The van der Waals surface area contributed by atoms with E-state index in [0.717, 1.165) is 20.8 Å². The van der Waals surface area contributed by atoms with Crippen LogP contribution in [0.15, 0.2) is 118 Å². The Kier molecular flexibility index (Phi) is 14.4. The fraction of sp³-hybridized carbons (Fsp3) is 0.214. The normalized spacial score (nSPS) is 13.2. The predicted molar refractivity (Wildman–Crippen MR) is 156 cm³/mol. The maximum atomic E-state index is 11.8. The molecule has 0 fully saturated rings. The summed E-state index contributed by atoms with van der Waals surface area (Å²) in [6.07, 6.45) is 0.277. The van der Waals surface area contributed by atoms with E-state index in [1.54, 1.807) is 23.5 Å². The Hall–Kier alpha value is -2.26. The fourth-order valence-electron chi connectivity index (χ4n) is 2.89. The third-order valence-corrected chi connectivity index (χ3v) is 10.1. The Morgan fingerprint density at radius 1 is 0.763 bits per heavy atom. The van der Waals surface area contributed by atoms with Gasteiger partial charge in [-0.15, -0.1) is 23.5 Å². The molecule has 3 aromatic rings. The average molecular weight is 589 g/mol. The van der Waals surface area contributed by atoms with E-state index in [4.69, 9.17) is 18.5 Å². The predicted octanol–water partition coefficient (Wildman–Crippen LogP) is 7.26. The van der Waals surface area contributed by atoms with Gasteiger partial charge >= 0.3 is 5.97 Å². The number of carbonyl (C=O) groups excluding carboxylic acids is 2. The standard InChI is InChI=1S/C28H29O6PS3/c1-2-28(30)32-19-24(21-37-26-14-8-4-9-15-26)34-35(38-27-16-10-5-11-17-27)33-23(18-31-22-29)20-36-25-12-6-3-7-13-25/h2-17,22-24H,1,18-21H2. The van der Waals surface area contributed by atoms with Crippen molar-refractivity contribution in [2.24, 2.45) is 0 Å². The highest BCUT2D eigenvalue weighted by atomic mass is 32.7. The van der Waals surface area contributed by atoms with Gasteiger partial charge in [0, 0.05) is 32.3 Å². The van der Waals surface area contributed by atoms with Crippen LogP contribution in [0.4, 0.5) is 0 Å². The molecule has 200 valence electrons. The van der Waals surface area contributed by atoms with Crippen molar-refractivity contribution in [1.82, 2.24) is 0 Å². The lowest BCUT2D eigenvalue weighted by Gasteiger charge is -2.26. The molecule has 3 unspecified atom stereocenters. The van der Waals surface area contributed by atoms with Crippen molar-refractivity contribution in [3.63, 3.8) is 0 Å². The average Bonchev–Trinajstić information content (AvgIpc) is 2.97. The lowest BCUT2D eigenvalue weighted by molar-refractivity contribution is -0.139. The summed E-state index contributed by atoms with van der Waals surface area (Å²) in [5.41, 5.74) is 0. The second-order valence-electron chi connectivity index (χ2n) is 7.59. The van der Waals surface area contributed by atoms with Crippen LogP contribution in [0.3, 0.4) is 0 Å². The third kappa shape index (κ3) is 12.1. The highest BCUT2D eigenvalue weighted by Gasteiger charge is 2.26. The van der Waals surface area contributed by atoms with Crippen molar-refractivity contribution in [3.05, 3.63) is 104 Å². The Morgan fingerprint density at radius 2 is 1.24 bits per heavy atom. The van der Waals surface area contributed by atoms with Gasteiger partial charge in [0.15, 0.2) is 0 Å². The number of benzene rings is 3. The second kappa shape index (κ2) is 18.1. The van der Waals surface area contributed by atoms with E-state index < -0.39 is 25.8 Å². The molecule has 0 aliphatic carbocycles. The van der Waals surface area contributed by atoms with E-state index >= 15 is 0 Å². The molecule has 6 nitrogen and oxygen atoms in total. The summed E-state index contributed by atoms with van der Waals surface area (Å²) in [5, 5.41) is 0. The van der Waals surface area contributed by atoms with Gasteiger partial charge in [0.05, 0.1) is 0 Å². The molecule has 3 aromatic carbocycles. The summed E-state index contributed by atoms with van der Waals surface area (Å²) in [7, 11) is -1.55. The van der Waals surface area contributed by atoms with E-state index in [2.05, 4.69) is 6.58 Å². The summed E-state index contributed by atoms with van der Waals surface area (Å²) in [6, 6.07) is 29.7. The summed E-state index contributed by atoms with van der Waals surface area (Å²) in [5.74, 6) is 0.589. The van der Waals surface area contributed by atoms with Gasteiger partial charge in [-0.1, -0.05) is 61.2 Å². The zero-order valence-electron chi connectivity index (χ0n) is 20.6. The lowest BCUT2D eigenvalue weighted by Crippen LogP contribution is -2.25. The second-order valence-corrected chi connectivity index (χ2v) is 12.7. The quantitative estimate of drug-likeness (QED) is 0.0502. The van der Waals surface area contributed by atoms with Gasteiger partial charge in [0.1, 0.15) is 25.4 Å². The maximum Gasteiger partial charge on any atom is 0.330 e. The number of ether oxygens (including phenoxy) is 2. The SMILES string of the molecule is C=CC(=O)OCC(CSc1ccccc1)OP(OC(COC=O)CSc1ccccc1)Sc1ccccc1. The molecule has 0 spiro atoms. The number of rotatable bonds is 18. The molecule has 0 N–H and O–H groups in total. The molecule has 0 radical (unpaired) electrons. The molecule has 0 aliphatic rings. The van der Waals surface area contributed by atoms with Crippen molar-refractivity contribution in [3.8, 4) is 0 Å². The van der Waals surface area contributed by atoms with Gasteiger partial charge in [-0.25, -0.2) is 4.79 Å². The van der Waals surface area contributed by atoms with Gasteiger partial charge < -0.3 is 18.5 Å². The van der Waals surface area contributed by atoms with Gasteiger partial charge in [0.2, 0.25) is 7.58 Å². The van der Waals surface area contributed by atoms with Crippen LogP contribution in [-0.4, -0.2) is 49.4 Å². The minimum Gasteiger partial charge on any atom is -0.465 e. The molecule has 10 heteroatoms. The molecular weight excluding hydrogens is 559 g/mol. The lowest BCUT2D eigenvalue weighted by atomic mass is 10.4. The monoisotopic (exact) mass is 588 g/mol. The zero-order valence-corrected chi connectivity index (χ0v) is 24.0. The highest BCUT2D eigenvalue weighted by Crippen LogP contribution is 2.57. The summed E-state index contributed by atoms with van der Waals surface area (Å²) < 4.78 is 23.3. The maximum absolute atomic E-state index is 11.8. The van der Waals surface area contributed by atoms with Crippen molar-refractivity contribution < 1.29 is 28.1 Å². The van der Waals surface area contributed by atoms with Crippen LogP contribution >= 0.6 is 42.5 Å². The first-order valence-electron chi connectivity index (χ1n) is 11.7. The van der Waals surface area contributed by atoms with Crippen LogP contribution in [0.2, 0.25) is 0 Å². The third-order valence-electron chi connectivity index (χ3n) is 4.68. The smallest absolute Gasteiger partial charge is 0.330 e. The zero-order chi connectivity index (χ0) is 26.8. The fourth-order valence-corrected chi connectivity index (χ4v) is 8.09. The van der Waals surface area contributed by atoms with Crippen molar-refractivity contribution in [1.29, 1.82) is 0 Å². The molecule has 3 rings (SSSR count). The van der Waals surface area contributed by atoms with E-state index in [9.17, 15) is 9.59 Å². The first-order chi connectivity index (χ1) is 18.7. The number of esters is 1. The largest absolute Gasteiger partial charge is 0.465 e. The van der Waals surface area contributed by atoms with E-state index in [0.29, 0.717) is 18.0 Å². The van der Waals surface area contributed by atoms with Gasteiger partial charge in [-0.2, -0.15) is 0 Å². The number of hydrogen-bond acceptors (Lipinski definition) is 9. The Morgan fingerprint density at radius 3 is 1.71 bits per heavy atom. The molecular formula is C28H29O6PS3. The van der Waals surface area contributed by atoms with Crippen molar-refractivity contribution >= 4 is 54.9 Å². The molecule has 38 heavy (non-hydrogen) atoms. The van der Waals surface area contributed by atoms with E-state index in [1.807, 2.05) is 91.0 Å². The van der Waals surface area contributed by atoms with Gasteiger partial charge in [0.25, 0.3) is 6.47 Å². The molecule has 0 amide bonds. The molecule has 0 bridgehead atoms. The van der Waals surface area contributed by atoms with E-state index in [-0.39, 0.29) is 13.2 Å². The topological polar surface area (TPSA) is 71.1 Å². The number of hydrogen-bond donors (Lipinski definition) is 0. The van der Waals surface area contributed by atoms with Crippen molar-refractivity contribution in [2.75, 3.05) is 24.7 Å². The molecule has 0 aromatic heterocycles. The first kappa shape index (κ1) is 30.3. The first-order valence-corrected chi connectivity index (χ1v) is 16.3. The van der Waals surface area contributed by atoms with E-state index in [1.165, 1.54) is 11.4 Å². The Labute approximate surface area is 237 Å². The molecule has 0 saturated carbocycles. The minimum absolute atomic E-state index is 0.0521. The van der Waals surface area contributed by atoms with Crippen LogP contribution in [0.1, 0.15) is 0 Å². The molecule has 0 saturated heterocycles. The van der Waals surface area contributed by atoms with Crippen LogP contribution in [-0.2, 0) is 28.1 Å². The Bertz CT molecular complexity index is 1090. The molecule has 0 aliphatic heterocycles. The van der Waals surface area contributed by atoms with Gasteiger partial charge in [-0.05, 0) is 47.8 Å². The van der Waals surface area contributed by atoms with Crippen molar-refractivity contribution in [2.45, 2.75) is 26.9 Å². The highest BCUT2D eigenvalue weighted by molar-refractivity contribution is 8.52. The van der Waals surface area contributed by atoms with Crippen LogP contribution in [0.5, 0.6) is 0 Å². The van der Waals surface area contributed by atoms with Gasteiger partial charge in [-0.3, -0.25) is 4.79 Å². The van der Waals surface area contributed by atoms with Crippen LogP contribution in [0.25, 0.3) is 0 Å². The summed E-state index contributed by atoms with van der Waals surface area (Å²) in [6.45, 7) is 4.04. The number of carbonyl (C=O) groups is 2. The summed E-state index contributed by atoms with van der Waals surface area (Å²) in [4.78, 5) is 25.9. The summed E-state index contributed by atoms with van der Waals surface area (Å²) >= 11 is 4.68.